The topological polar surface area (TPSA) is 76.7 Å². The molecule has 112 valence electrons. The number of hydrogen-bond acceptors (Lipinski definition) is 5. The number of rotatable bonds is 13. The monoisotopic (exact) mass is 274 g/mol. The number of Topliss-reactive ketones (excluding diaryl/α,β-unsaturated/α-hetero) is 1. The van der Waals surface area contributed by atoms with Crippen LogP contribution in [0.5, 0.6) is 0 Å². The van der Waals surface area contributed by atoms with Gasteiger partial charge in [0.1, 0.15) is 5.78 Å². The molecule has 6 nitrogen and oxygen atoms in total. The Labute approximate surface area is 115 Å². The van der Waals surface area contributed by atoms with E-state index < -0.39 is 0 Å². The van der Waals surface area contributed by atoms with Crippen LogP contribution in [0.15, 0.2) is 0 Å². The highest BCUT2D eigenvalue weighted by molar-refractivity contribution is 5.76. The Hall–Kier alpha value is -0.980. The molecule has 0 aliphatic carbocycles. The van der Waals surface area contributed by atoms with Crippen molar-refractivity contribution in [3.05, 3.63) is 0 Å². The van der Waals surface area contributed by atoms with Gasteiger partial charge in [-0.3, -0.25) is 9.59 Å². The van der Waals surface area contributed by atoms with Gasteiger partial charge in [0.25, 0.3) is 0 Å². The molecule has 0 spiro atoms. The van der Waals surface area contributed by atoms with E-state index >= 15 is 0 Å². The van der Waals surface area contributed by atoms with Gasteiger partial charge in [0.15, 0.2) is 0 Å². The van der Waals surface area contributed by atoms with Gasteiger partial charge in [-0.1, -0.05) is 0 Å². The molecule has 0 aromatic heterocycles. The Morgan fingerprint density at radius 1 is 0.947 bits per heavy atom. The van der Waals surface area contributed by atoms with E-state index in [1.807, 2.05) is 7.05 Å². The average molecular weight is 274 g/mol. The summed E-state index contributed by atoms with van der Waals surface area (Å²) < 4.78 is 10.4. The standard InChI is InChI=1S/C13H26N2O4/c1-12(16)4-8-18-10-11-19-9-5-13(17)15-7-3-6-14-2/h14H,3-11H2,1-2H3,(H,15,17). The fourth-order valence-electron chi connectivity index (χ4n) is 1.28. The Balaban J connectivity index is 3.16. The number of ether oxygens (including phenoxy) is 2. The van der Waals surface area contributed by atoms with E-state index in [-0.39, 0.29) is 11.7 Å². The predicted octanol–water partition coefficient (Wildman–Crippen LogP) is 0.115. The first-order valence-electron chi connectivity index (χ1n) is 6.73. The molecule has 0 aromatic rings. The number of ketones is 1. The molecule has 0 saturated heterocycles. The maximum Gasteiger partial charge on any atom is 0.222 e. The van der Waals surface area contributed by atoms with Crippen molar-refractivity contribution in [1.82, 2.24) is 10.6 Å². The first-order valence-corrected chi connectivity index (χ1v) is 6.73. The molecule has 2 N–H and O–H groups in total. The van der Waals surface area contributed by atoms with Crippen molar-refractivity contribution < 1.29 is 19.1 Å². The molecule has 0 unspecified atom stereocenters. The second-order valence-corrected chi connectivity index (χ2v) is 4.23. The summed E-state index contributed by atoms with van der Waals surface area (Å²) in [6.07, 6.45) is 1.73. The Bertz CT molecular complexity index is 247. The van der Waals surface area contributed by atoms with Crippen LogP contribution in [0.25, 0.3) is 0 Å². The van der Waals surface area contributed by atoms with Crippen molar-refractivity contribution in [2.75, 3.05) is 46.6 Å². The number of hydrogen-bond donors (Lipinski definition) is 2. The maximum absolute atomic E-state index is 11.3. The van der Waals surface area contributed by atoms with E-state index in [2.05, 4.69) is 10.6 Å². The lowest BCUT2D eigenvalue weighted by atomic mass is 10.3. The van der Waals surface area contributed by atoms with Crippen molar-refractivity contribution in [2.24, 2.45) is 0 Å². The van der Waals surface area contributed by atoms with Crippen molar-refractivity contribution >= 4 is 11.7 Å². The minimum absolute atomic E-state index is 0.00796. The van der Waals surface area contributed by atoms with Crippen molar-refractivity contribution in [2.45, 2.75) is 26.2 Å². The van der Waals surface area contributed by atoms with Crippen molar-refractivity contribution in [3.8, 4) is 0 Å². The highest BCUT2D eigenvalue weighted by Crippen LogP contribution is 1.87. The van der Waals surface area contributed by atoms with Crippen LogP contribution < -0.4 is 10.6 Å². The van der Waals surface area contributed by atoms with Crippen molar-refractivity contribution in [1.29, 1.82) is 0 Å². The van der Waals surface area contributed by atoms with E-state index in [0.717, 1.165) is 13.0 Å². The predicted molar refractivity (Wildman–Crippen MR) is 73.1 cm³/mol. The molecule has 0 atom stereocenters. The van der Waals surface area contributed by atoms with E-state index in [0.29, 0.717) is 45.8 Å². The molecule has 0 aliphatic rings. The zero-order chi connectivity index (χ0) is 14.3. The summed E-state index contributed by atoms with van der Waals surface area (Å²) in [5.74, 6) is 0.129. The lowest BCUT2D eigenvalue weighted by molar-refractivity contribution is -0.122. The second kappa shape index (κ2) is 13.5. The highest BCUT2D eigenvalue weighted by Gasteiger charge is 2.00. The molecule has 0 bridgehead atoms. The summed E-state index contributed by atoms with van der Waals surface area (Å²) in [6, 6.07) is 0. The molecule has 0 rings (SSSR count). The van der Waals surface area contributed by atoms with Gasteiger partial charge in [0, 0.05) is 19.4 Å². The summed E-state index contributed by atoms with van der Waals surface area (Å²) >= 11 is 0. The molecular formula is C13H26N2O4. The fraction of sp³-hybridized carbons (Fsp3) is 0.846. The SMILES string of the molecule is CNCCCNC(=O)CCOCCOCCC(C)=O. The van der Waals surface area contributed by atoms with E-state index in [9.17, 15) is 9.59 Å². The Kier molecular flexibility index (Phi) is 12.8. The third-order valence-corrected chi connectivity index (χ3v) is 2.37. The van der Waals surface area contributed by atoms with Crippen LogP contribution in [0.4, 0.5) is 0 Å². The zero-order valence-electron chi connectivity index (χ0n) is 12.0. The van der Waals surface area contributed by atoms with Crippen LogP contribution in [-0.4, -0.2) is 58.3 Å². The first kappa shape index (κ1) is 18.0. The van der Waals surface area contributed by atoms with Gasteiger partial charge in [-0.2, -0.15) is 0 Å². The number of carbonyl (C=O) groups is 2. The molecule has 0 fully saturated rings. The van der Waals surface area contributed by atoms with Gasteiger partial charge in [-0.15, -0.1) is 0 Å². The number of amides is 1. The molecule has 0 radical (unpaired) electrons. The van der Waals surface area contributed by atoms with Crippen LogP contribution >= 0.6 is 0 Å². The van der Waals surface area contributed by atoms with Crippen LogP contribution in [0, 0.1) is 0 Å². The molecule has 0 heterocycles. The normalized spacial score (nSPS) is 10.4. The van der Waals surface area contributed by atoms with Gasteiger partial charge in [-0.25, -0.2) is 0 Å². The minimum atomic E-state index is 0.00796. The van der Waals surface area contributed by atoms with Crippen LogP contribution in [0.1, 0.15) is 26.2 Å². The highest BCUT2D eigenvalue weighted by atomic mass is 16.5. The molecule has 1 amide bonds. The molecule has 0 saturated carbocycles. The second-order valence-electron chi connectivity index (χ2n) is 4.23. The smallest absolute Gasteiger partial charge is 0.222 e. The lowest BCUT2D eigenvalue weighted by Crippen LogP contribution is -2.27. The van der Waals surface area contributed by atoms with Crippen molar-refractivity contribution in [3.63, 3.8) is 0 Å². The summed E-state index contributed by atoms with van der Waals surface area (Å²) in [4.78, 5) is 22.0. The third-order valence-electron chi connectivity index (χ3n) is 2.37. The molecular weight excluding hydrogens is 248 g/mol. The van der Waals surface area contributed by atoms with Gasteiger partial charge < -0.3 is 20.1 Å². The number of nitrogens with one attached hydrogen (secondary N) is 2. The average Bonchev–Trinajstić information content (AvgIpc) is 2.37. The lowest BCUT2D eigenvalue weighted by Gasteiger charge is -2.06. The Morgan fingerprint density at radius 2 is 1.58 bits per heavy atom. The first-order chi connectivity index (χ1) is 9.16. The maximum atomic E-state index is 11.3. The summed E-state index contributed by atoms with van der Waals surface area (Å²) in [7, 11) is 1.88. The van der Waals surface area contributed by atoms with E-state index in [1.54, 1.807) is 0 Å². The van der Waals surface area contributed by atoms with E-state index in [4.69, 9.17) is 9.47 Å². The zero-order valence-corrected chi connectivity index (χ0v) is 12.0. The summed E-state index contributed by atoms with van der Waals surface area (Å²) in [6.45, 7) is 4.86. The molecule has 0 aromatic carbocycles. The van der Waals surface area contributed by atoms with Crippen LogP contribution in [-0.2, 0) is 19.1 Å². The van der Waals surface area contributed by atoms with Crippen LogP contribution in [0.2, 0.25) is 0 Å². The summed E-state index contributed by atoms with van der Waals surface area (Å²) in [5.41, 5.74) is 0. The van der Waals surface area contributed by atoms with E-state index in [1.165, 1.54) is 6.92 Å². The largest absolute Gasteiger partial charge is 0.379 e. The quantitative estimate of drug-likeness (QED) is 0.466. The third kappa shape index (κ3) is 15.0. The van der Waals surface area contributed by atoms with Gasteiger partial charge in [0.2, 0.25) is 5.91 Å². The molecule has 6 heteroatoms. The molecule has 0 aliphatic heterocycles. The summed E-state index contributed by atoms with van der Waals surface area (Å²) in [5, 5.41) is 5.83. The molecule has 19 heavy (non-hydrogen) atoms. The van der Waals surface area contributed by atoms with Gasteiger partial charge >= 0.3 is 0 Å². The van der Waals surface area contributed by atoms with Gasteiger partial charge in [0.05, 0.1) is 26.4 Å². The van der Waals surface area contributed by atoms with Gasteiger partial charge in [-0.05, 0) is 26.9 Å². The fourth-order valence-corrected chi connectivity index (χ4v) is 1.28. The minimum Gasteiger partial charge on any atom is -0.379 e. The van der Waals surface area contributed by atoms with Crippen LogP contribution in [0.3, 0.4) is 0 Å². The Morgan fingerprint density at radius 3 is 2.16 bits per heavy atom. The number of carbonyl (C=O) groups excluding carboxylic acids is 2.